The largest absolute Gasteiger partial charge is 0.290 e. The molecule has 6 rings (SSSR count). The summed E-state index contributed by atoms with van der Waals surface area (Å²) in [4.78, 5) is 25.6. The summed E-state index contributed by atoms with van der Waals surface area (Å²) in [7, 11) is 0. The van der Waals surface area contributed by atoms with Gasteiger partial charge in [0.1, 0.15) is 0 Å². The fourth-order valence-corrected chi connectivity index (χ4v) is 5.42. The van der Waals surface area contributed by atoms with E-state index in [-0.39, 0.29) is 22.4 Å². The SMILES string of the molecule is CC(C)(C)c1cc2c3c(c1)-c1cc(C(C)(C)C)cc(c1C3)CCC1=CC(=O)C(=CC1=O)CC2. The highest BCUT2D eigenvalue weighted by Crippen LogP contribution is 2.45. The second-order valence-corrected chi connectivity index (χ2v) is 12.1. The topological polar surface area (TPSA) is 34.1 Å². The predicted molar refractivity (Wildman–Crippen MR) is 135 cm³/mol. The van der Waals surface area contributed by atoms with Gasteiger partial charge in [-0.05, 0) is 99.6 Å². The molecule has 0 amide bonds. The van der Waals surface area contributed by atoms with Crippen LogP contribution in [0.5, 0.6) is 0 Å². The molecule has 0 unspecified atom stereocenters. The molecule has 0 fully saturated rings. The van der Waals surface area contributed by atoms with Gasteiger partial charge in [-0.25, -0.2) is 0 Å². The number of rotatable bonds is 0. The number of ketones is 2. The first kappa shape index (κ1) is 22.1. The zero-order valence-electron chi connectivity index (χ0n) is 20.8. The van der Waals surface area contributed by atoms with Gasteiger partial charge >= 0.3 is 0 Å². The number of benzene rings is 2. The molecule has 2 nitrogen and oxygen atoms in total. The maximum atomic E-state index is 12.8. The molecule has 2 aromatic rings. The van der Waals surface area contributed by atoms with Crippen molar-refractivity contribution >= 4 is 11.6 Å². The monoisotopic (exact) mass is 438 g/mol. The lowest BCUT2D eigenvalue weighted by Crippen LogP contribution is -2.16. The molecule has 33 heavy (non-hydrogen) atoms. The summed E-state index contributed by atoms with van der Waals surface area (Å²) >= 11 is 0. The minimum Gasteiger partial charge on any atom is -0.290 e. The van der Waals surface area contributed by atoms with E-state index < -0.39 is 0 Å². The second kappa shape index (κ2) is 7.38. The standard InChI is InChI=1S/C31H34O2/c1-30(2,3)22-11-18-7-9-20-13-29(33)21(14-28(20)32)10-8-19-12-23(31(4,5)6)16-27-25(19)17-24(18)26(27)15-22/h11-16H,7-10,17H2,1-6H3. The van der Waals surface area contributed by atoms with Crippen LogP contribution in [0.1, 0.15) is 87.8 Å². The third-order valence-corrected chi connectivity index (χ3v) is 7.63. The molecule has 0 aromatic heterocycles. The van der Waals surface area contributed by atoms with Gasteiger partial charge in [0, 0.05) is 11.1 Å². The van der Waals surface area contributed by atoms with Gasteiger partial charge in [-0.3, -0.25) is 9.59 Å². The number of fused-ring (bicyclic) bond motifs is 5. The summed E-state index contributed by atoms with van der Waals surface area (Å²) in [5.74, 6) is 0.0259. The zero-order valence-corrected chi connectivity index (χ0v) is 20.8. The maximum Gasteiger partial charge on any atom is 0.182 e. The Morgan fingerprint density at radius 2 is 0.970 bits per heavy atom. The van der Waals surface area contributed by atoms with Crippen molar-refractivity contribution in [1.29, 1.82) is 0 Å². The number of carbonyl (C=O) groups is 2. The van der Waals surface area contributed by atoms with Crippen molar-refractivity contribution in [3.63, 3.8) is 0 Å². The fourth-order valence-electron chi connectivity index (χ4n) is 5.42. The quantitative estimate of drug-likeness (QED) is 0.364. The van der Waals surface area contributed by atoms with Crippen molar-refractivity contribution in [2.75, 3.05) is 0 Å². The zero-order chi connectivity index (χ0) is 23.7. The number of carbonyl (C=O) groups excluding carboxylic acids is 2. The summed E-state index contributed by atoms with van der Waals surface area (Å²) in [5.41, 5.74) is 12.3. The Morgan fingerprint density at radius 1 is 0.576 bits per heavy atom. The highest BCUT2D eigenvalue weighted by atomic mass is 16.1. The molecule has 2 aromatic carbocycles. The Morgan fingerprint density at radius 3 is 1.33 bits per heavy atom. The highest BCUT2D eigenvalue weighted by Gasteiger charge is 2.30. The van der Waals surface area contributed by atoms with Crippen LogP contribution < -0.4 is 0 Å². The lowest BCUT2D eigenvalue weighted by atomic mass is 9.80. The van der Waals surface area contributed by atoms with Crippen LogP contribution in [-0.4, -0.2) is 11.6 Å². The van der Waals surface area contributed by atoms with Crippen LogP contribution in [0.4, 0.5) is 0 Å². The molecule has 0 radical (unpaired) electrons. The van der Waals surface area contributed by atoms with Crippen LogP contribution in [0.2, 0.25) is 0 Å². The minimum atomic E-state index is 0.0130. The van der Waals surface area contributed by atoms with Crippen molar-refractivity contribution in [3.05, 3.63) is 80.9 Å². The van der Waals surface area contributed by atoms with Crippen LogP contribution in [0, 0.1) is 0 Å². The smallest absolute Gasteiger partial charge is 0.182 e. The van der Waals surface area contributed by atoms with E-state index >= 15 is 0 Å². The molecule has 2 heteroatoms. The summed E-state index contributed by atoms with van der Waals surface area (Å²) in [6.45, 7) is 13.6. The lowest BCUT2D eigenvalue weighted by Gasteiger charge is -2.24. The first-order valence-electron chi connectivity index (χ1n) is 12.2. The minimum absolute atomic E-state index is 0.0130. The van der Waals surface area contributed by atoms with Gasteiger partial charge in [-0.2, -0.15) is 0 Å². The van der Waals surface area contributed by atoms with Crippen molar-refractivity contribution < 1.29 is 9.59 Å². The van der Waals surface area contributed by atoms with Gasteiger partial charge in [0.15, 0.2) is 11.6 Å². The van der Waals surface area contributed by atoms with Gasteiger partial charge < -0.3 is 0 Å². The highest BCUT2D eigenvalue weighted by molar-refractivity contribution is 6.19. The van der Waals surface area contributed by atoms with Gasteiger partial charge in [0.05, 0.1) is 0 Å². The molecule has 0 aliphatic heterocycles. The van der Waals surface area contributed by atoms with E-state index in [1.807, 2.05) is 0 Å². The van der Waals surface area contributed by atoms with E-state index in [9.17, 15) is 9.59 Å². The Balaban J connectivity index is 1.77. The van der Waals surface area contributed by atoms with E-state index in [0.717, 1.165) is 19.3 Å². The molecular formula is C31H34O2. The molecule has 0 heterocycles. The molecule has 0 spiro atoms. The van der Waals surface area contributed by atoms with Crippen molar-refractivity contribution in [2.45, 2.75) is 84.5 Å². The van der Waals surface area contributed by atoms with Crippen LogP contribution >= 0.6 is 0 Å². The Bertz CT molecular complexity index is 1170. The average Bonchev–Trinajstić information content (AvgIpc) is 3.10. The summed E-state index contributed by atoms with van der Waals surface area (Å²) in [6, 6.07) is 9.53. The summed E-state index contributed by atoms with van der Waals surface area (Å²) < 4.78 is 0. The third kappa shape index (κ3) is 3.84. The maximum absolute atomic E-state index is 12.8. The predicted octanol–water partition coefficient (Wildman–Crippen LogP) is 6.74. The van der Waals surface area contributed by atoms with Crippen LogP contribution in [0.25, 0.3) is 11.1 Å². The van der Waals surface area contributed by atoms with Crippen molar-refractivity contribution in [3.8, 4) is 11.1 Å². The molecular weight excluding hydrogens is 404 g/mol. The third-order valence-electron chi connectivity index (χ3n) is 7.63. The van der Waals surface area contributed by atoms with Crippen molar-refractivity contribution in [1.82, 2.24) is 0 Å². The number of hydrogen-bond acceptors (Lipinski definition) is 2. The number of allylic oxidation sites excluding steroid dienone is 4. The second-order valence-electron chi connectivity index (χ2n) is 12.1. The van der Waals surface area contributed by atoms with Gasteiger partial charge in [-0.15, -0.1) is 0 Å². The van der Waals surface area contributed by atoms with E-state index in [4.69, 9.17) is 0 Å². The first-order valence-corrected chi connectivity index (χ1v) is 12.2. The van der Waals surface area contributed by atoms with E-state index in [1.165, 1.54) is 44.5 Å². The molecule has 4 bridgehead atoms. The Kier molecular flexibility index (Phi) is 4.94. The molecule has 4 aliphatic carbocycles. The van der Waals surface area contributed by atoms with E-state index in [1.54, 1.807) is 12.2 Å². The first-order chi connectivity index (χ1) is 15.4. The van der Waals surface area contributed by atoms with Crippen LogP contribution in [0.3, 0.4) is 0 Å². The van der Waals surface area contributed by atoms with Gasteiger partial charge in [-0.1, -0.05) is 65.8 Å². The summed E-state index contributed by atoms with van der Waals surface area (Å²) in [5, 5.41) is 0. The molecule has 0 N–H and O–H groups in total. The van der Waals surface area contributed by atoms with E-state index in [2.05, 4.69) is 65.8 Å². The normalized spacial score (nSPS) is 17.9. The molecule has 4 aliphatic rings. The van der Waals surface area contributed by atoms with Crippen LogP contribution in [-0.2, 0) is 39.7 Å². The Labute approximate surface area is 197 Å². The Hall–Kier alpha value is -2.74. The molecule has 170 valence electrons. The lowest BCUT2D eigenvalue weighted by molar-refractivity contribution is -0.115. The fraction of sp³-hybridized carbons (Fsp3) is 0.419. The molecule has 0 atom stereocenters. The number of hydrogen-bond donors (Lipinski definition) is 0. The van der Waals surface area contributed by atoms with Gasteiger partial charge in [0.25, 0.3) is 0 Å². The number of aryl methyl sites for hydroxylation is 2. The molecule has 0 saturated heterocycles. The molecule has 0 saturated carbocycles. The summed E-state index contributed by atoms with van der Waals surface area (Å²) in [6.07, 6.45) is 6.96. The van der Waals surface area contributed by atoms with Gasteiger partial charge in [0.2, 0.25) is 0 Å². The van der Waals surface area contributed by atoms with Crippen LogP contribution in [0.15, 0.2) is 47.6 Å². The van der Waals surface area contributed by atoms with Crippen molar-refractivity contribution in [2.24, 2.45) is 0 Å². The van der Waals surface area contributed by atoms with E-state index in [0.29, 0.717) is 24.0 Å². The average molecular weight is 439 g/mol.